The number of hydrogen-bond acceptors (Lipinski definition) is 2. The fourth-order valence-corrected chi connectivity index (χ4v) is 4.21. The summed E-state index contributed by atoms with van der Waals surface area (Å²) in [7, 11) is 0. The third-order valence-corrected chi connectivity index (χ3v) is 6.28. The SMILES string of the molecule is CC(CCCO)CCCc1ccc(-c2ccc(CCCC(C)CCCO)cc2)cc1. The van der Waals surface area contributed by atoms with Gasteiger partial charge in [-0.3, -0.25) is 0 Å². The predicted octanol–water partition coefficient (Wildman–Crippen LogP) is 6.82. The van der Waals surface area contributed by atoms with E-state index in [1.54, 1.807) is 0 Å². The number of hydrogen-bond donors (Lipinski definition) is 2. The molecular weight excluding hydrogens is 368 g/mol. The van der Waals surface area contributed by atoms with E-state index in [0.29, 0.717) is 25.0 Å². The maximum absolute atomic E-state index is 8.93. The molecule has 0 amide bonds. The van der Waals surface area contributed by atoms with Gasteiger partial charge in [0.05, 0.1) is 0 Å². The van der Waals surface area contributed by atoms with E-state index in [4.69, 9.17) is 10.2 Å². The highest BCUT2D eigenvalue weighted by atomic mass is 16.3. The van der Waals surface area contributed by atoms with Crippen molar-refractivity contribution in [1.29, 1.82) is 0 Å². The first-order chi connectivity index (χ1) is 14.6. The van der Waals surface area contributed by atoms with Crippen LogP contribution in [0.1, 0.15) is 76.3 Å². The molecule has 0 bridgehead atoms. The number of aliphatic hydroxyl groups is 2. The van der Waals surface area contributed by atoms with Crippen LogP contribution in [0.25, 0.3) is 11.1 Å². The third-order valence-electron chi connectivity index (χ3n) is 6.28. The molecule has 2 nitrogen and oxygen atoms in total. The van der Waals surface area contributed by atoms with Gasteiger partial charge in [0.1, 0.15) is 0 Å². The average molecular weight is 411 g/mol. The van der Waals surface area contributed by atoms with Gasteiger partial charge >= 0.3 is 0 Å². The van der Waals surface area contributed by atoms with Crippen LogP contribution in [0.2, 0.25) is 0 Å². The summed E-state index contributed by atoms with van der Waals surface area (Å²) in [5.41, 5.74) is 5.42. The maximum atomic E-state index is 8.93. The Labute approximate surface area is 184 Å². The summed E-state index contributed by atoms with van der Waals surface area (Å²) in [6.07, 6.45) is 11.3. The standard InChI is InChI=1S/C28H42O2/c1-23(9-5-21-29)7-3-11-25-13-17-27(18-14-25)28-19-15-26(16-20-28)12-4-8-24(2)10-6-22-30/h13-20,23-24,29-30H,3-12,21-22H2,1-2H3. The zero-order valence-electron chi connectivity index (χ0n) is 19.2. The van der Waals surface area contributed by atoms with E-state index < -0.39 is 0 Å². The minimum Gasteiger partial charge on any atom is -0.396 e. The van der Waals surface area contributed by atoms with E-state index in [0.717, 1.165) is 38.5 Å². The number of rotatable bonds is 15. The van der Waals surface area contributed by atoms with Crippen molar-refractivity contribution in [3.05, 3.63) is 59.7 Å². The van der Waals surface area contributed by atoms with Gasteiger partial charge in [-0.15, -0.1) is 0 Å². The minimum atomic E-state index is 0.317. The predicted molar refractivity (Wildman–Crippen MR) is 129 cm³/mol. The quantitative estimate of drug-likeness (QED) is 0.338. The van der Waals surface area contributed by atoms with Crippen LogP contribution in [0.4, 0.5) is 0 Å². The Morgan fingerprint density at radius 2 is 0.867 bits per heavy atom. The second-order valence-electron chi connectivity index (χ2n) is 9.12. The van der Waals surface area contributed by atoms with Crippen LogP contribution in [0, 0.1) is 11.8 Å². The van der Waals surface area contributed by atoms with Crippen LogP contribution in [-0.2, 0) is 12.8 Å². The van der Waals surface area contributed by atoms with E-state index in [2.05, 4.69) is 62.4 Å². The lowest BCUT2D eigenvalue weighted by molar-refractivity contribution is 0.271. The molecule has 0 fully saturated rings. The van der Waals surface area contributed by atoms with Crippen LogP contribution >= 0.6 is 0 Å². The highest BCUT2D eigenvalue weighted by Gasteiger charge is 2.05. The van der Waals surface area contributed by atoms with Crippen molar-refractivity contribution in [2.75, 3.05) is 13.2 Å². The van der Waals surface area contributed by atoms with Gasteiger partial charge in [-0.2, -0.15) is 0 Å². The van der Waals surface area contributed by atoms with Crippen molar-refractivity contribution in [3.8, 4) is 11.1 Å². The van der Waals surface area contributed by atoms with Crippen molar-refractivity contribution in [3.63, 3.8) is 0 Å². The normalized spacial score (nSPS) is 13.3. The number of benzene rings is 2. The maximum Gasteiger partial charge on any atom is 0.0431 e. The average Bonchev–Trinajstić information content (AvgIpc) is 2.77. The molecule has 0 aromatic heterocycles. The first kappa shape index (κ1) is 24.6. The molecule has 2 unspecified atom stereocenters. The molecule has 0 aliphatic carbocycles. The lowest BCUT2D eigenvalue weighted by atomic mass is 9.95. The molecule has 0 saturated heterocycles. The molecule has 2 rings (SSSR count). The van der Waals surface area contributed by atoms with E-state index in [1.165, 1.54) is 47.9 Å². The Balaban J connectivity index is 1.75. The first-order valence-electron chi connectivity index (χ1n) is 12.0. The molecule has 0 saturated carbocycles. The number of aryl methyl sites for hydroxylation is 2. The zero-order valence-corrected chi connectivity index (χ0v) is 19.2. The Hall–Kier alpha value is -1.64. The summed E-state index contributed by atoms with van der Waals surface area (Å²) in [5, 5.41) is 17.9. The van der Waals surface area contributed by atoms with Crippen LogP contribution in [0.15, 0.2) is 48.5 Å². The fraction of sp³-hybridized carbons (Fsp3) is 0.571. The molecule has 2 heteroatoms. The van der Waals surface area contributed by atoms with Gasteiger partial charge in [-0.05, 0) is 85.5 Å². The highest BCUT2D eigenvalue weighted by molar-refractivity contribution is 5.63. The molecule has 0 aliphatic rings. The van der Waals surface area contributed by atoms with Gasteiger partial charge < -0.3 is 10.2 Å². The summed E-state index contributed by atoms with van der Waals surface area (Å²) in [5.74, 6) is 1.41. The van der Waals surface area contributed by atoms with Crippen molar-refractivity contribution < 1.29 is 10.2 Å². The van der Waals surface area contributed by atoms with Crippen LogP contribution in [0.5, 0.6) is 0 Å². The Morgan fingerprint density at radius 1 is 0.533 bits per heavy atom. The van der Waals surface area contributed by atoms with Gasteiger partial charge in [0, 0.05) is 13.2 Å². The zero-order chi connectivity index (χ0) is 21.6. The Bertz CT molecular complexity index is 613. The highest BCUT2D eigenvalue weighted by Crippen LogP contribution is 2.23. The van der Waals surface area contributed by atoms with Gasteiger partial charge in [0.2, 0.25) is 0 Å². The largest absolute Gasteiger partial charge is 0.396 e. The summed E-state index contributed by atoms with van der Waals surface area (Å²) in [6.45, 7) is 5.22. The van der Waals surface area contributed by atoms with Crippen molar-refractivity contribution >= 4 is 0 Å². The molecule has 2 N–H and O–H groups in total. The van der Waals surface area contributed by atoms with Gasteiger partial charge in [0.25, 0.3) is 0 Å². The lowest BCUT2D eigenvalue weighted by Crippen LogP contribution is -1.98. The molecule has 0 heterocycles. The molecular formula is C28H42O2. The Kier molecular flexibility index (Phi) is 11.8. The molecule has 2 aromatic carbocycles. The molecule has 2 atom stereocenters. The first-order valence-corrected chi connectivity index (χ1v) is 12.0. The molecule has 2 aromatic rings. The van der Waals surface area contributed by atoms with E-state index in [9.17, 15) is 0 Å². The van der Waals surface area contributed by atoms with Crippen molar-refractivity contribution in [2.24, 2.45) is 11.8 Å². The molecule has 30 heavy (non-hydrogen) atoms. The molecule has 0 radical (unpaired) electrons. The second-order valence-corrected chi connectivity index (χ2v) is 9.12. The minimum absolute atomic E-state index is 0.317. The topological polar surface area (TPSA) is 40.5 Å². The van der Waals surface area contributed by atoms with Crippen LogP contribution < -0.4 is 0 Å². The summed E-state index contributed by atoms with van der Waals surface area (Å²) in [6, 6.07) is 18.1. The molecule has 166 valence electrons. The van der Waals surface area contributed by atoms with Gasteiger partial charge in [0.15, 0.2) is 0 Å². The third kappa shape index (κ3) is 9.45. The second kappa shape index (κ2) is 14.4. The van der Waals surface area contributed by atoms with Crippen molar-refractivity contribution in [1.82, 2.24) is 0 Å². The van der Waals surface area contributed by atoms with E-state index >= 15 is 0 Å². The van der Waals surface area contributed by atoms with E-state index in [-0.39, 0.29) is 0 Å². The fourth-order valence-electron chi connectivity index (χ4n) is 4.21. The molecule has 0 spiro atoms. The summed E-state index contributed by atoms with van der Waals surface area (Å²) < 4.78 is 0. The van der Waals surface area contributed by atoms with Crippen LogP contribution in [0.3, 0.4) is 0 Å². The van der Waals surface area contributed by atoms with Gasteiger partial charge in [-0.25, -0.2) is 0 Å². The molecule has 0 aliphatic heterocycles. The van der Waals surface area contributed by atoms with Crippen molar-refractivity contribution in [2.45, 2.75) is 78.1 Å². The summed E-state index contributed by atoms with van der Waals surface area (Å²) in [4.78, 5) is 0. The van der Waals surface area contributed by atoms with Gasteiger partial charge in [-0.1, -0.05) is 75.2 Å². The lowest BCUT2D eigenvalue weighted by Gasteiger charge is -2.11. The van der Waals surface area contributed by atoms with Crippen LogP contribution in [-0.4, -0.2) is 23.4 Å². The monoisotopic (exact) mass is 410 g/mol. The Morgan fingerprint density at radius 3 is 1.20 bits per heavy atom. The number of aliphatic hydroxyl groups excluding tert-OH is 2. The van der Waals surface area contributed by atoms with E-state index in [1.807, 2.05) is 0 Å². The smallest absolute Gasteiger partial charge is 0.0431 e. The summed E-state index contributed by atoms with van der Waals surface area (Å²) >= 11 is 0.